The number of ether oxygens (including phenoxy) is 1. The van der Waals surface area contributed by atoms with E-state index in [1.807, 2.05) is 13.8 Å². The molecule has 0 saturated heterocycles. The zero-order valence-corrected chi connectivity index (χ0v) is 15.0. The summed E-state index contributed by atoms with van der Waals surface area (Å²) in [6.07, 6.45) is 0.0210. The van der Waals surface area contributed by atoms with Crippen LogP contribution in [0.5, 0.6) is 0 Å². The molecule has 0 aliphatic heterocycles. The number of hydrogen-bond acceptors (Lipinski definition) is 4. The van der Waals surface area contributed by atoms with E-state index in [-0.39, 0.29) is 40.7 Å². The van der Waals surface area contributed by atoms with Crippen molar-refractivity contribution >= 4 is 17.2 Å². The first kappa shape index (κ1) is 20.7. The second kappa shape index (κ2) is 8.53. The standard InChI is InChI=1S/C11H23NO4S.Na/c1-10(2,3)16-9(13)12-8-11(4,5)6-7-17(14)15;/h6-8H2,1-5H3,(H,12,13)(H,14,15);/q;+1/p-1. The van der Waals surface area contributed by atoms with Crippen LogP contribution in [0.25, 0.3) is 0 Å². The van der Waals surface area contributed by atoms with Crippen molar-refractivity contribution in [2.24, 2.45) is 5.41 Å². The molecule has 0 aliphatic rings. The summed E-state index contributed by atoms with van der Waals surface area (Å²) in [6.45, 7) is 9.56. The van der Waals surface area contributed by atoms with Gasteiger partial charge in [0.25, 0.3) is 0 Å². The summed E-state index contributed by atoms with van der Waals surface area (Å²) in [4.78, 5) is 11.4. The second-order valence-corrected chi connectivity index (χ2v) is 6.79. The van der Waals surface area contributed by atoms with Gasteiger partial charge in [0.15, 0.2) is 0 Å². The van der Waals surface area contributed by atoms with Crippen molar-refractivity contribution in [3.8, 4) is 0 Å². The van der Waals surface area contributed by atoms with Gasteiger partial charge in [-0.3, -0.25) is 4.21 Å². The van der Waals surface area contributed by atoms with Crippen LogP contribution in [-0.4, -0.2) is 32.8 Å². The molecular formula is C11H22NNaO4S. The fourth-order valence-electron chi connectivity index (χ4n) is 1.07. The van der Waals surface area contributed by atoms with E-state index in [4.69, 9.17) is 4.74 Å². The van der Waals surface area contributed by atoms with Crippen molar-refractivity contribution in [1.82, 2.24) is 5.32 Å². The van der Waals surface area contributed by atoms with E-state index < -0.39 is 22.8 Å². The van der Waals surface area contributed by atoms with E-state index in [0.717, 1.165) is 0 Å². The molecule has 0 fully saturated rings. The molecule has 0 radical (unpaired) electrons. The van der Waals surface area contributed by atoms with Crippen molar-refractivity contribution in [2.45, 2.75) is 46.6 Å². The fourth-order valence-corrected chi connectivity index (χ4v) is 1.79. The van der Waals surface area contributed by atoms with Crippen LogP contribution in [0.3, 0.4) is 0 Å². The average molecular weight is 287 g/mol. The summed E-state index contributed by atoms with van der Waals surface area (Å²) in [5.41, 5.74) is -0.790. The van der Waals surface area contributed by atoms with E-state index >= 15 is 0 Å². The molecule has 1 amide bonds. The zero-order chi connectivity index (χ0) is 13.7. The Balaban J connectivity index is 0. The Morgan fingerprint density at radius 2 is 1.78 bits per heavy atom. The number of carbonyl (C=O) groups excluding carboxylic acids is 1. The summed E-state index contributed by atoms with van der Waals surface area (Å²) >= 11 is -2.04. The van der Waals surface area contributed by atoms with Gasteiger partial charge in [0, 0.05) is 12.3 Å². The Morgan fingerprint density at radius 1 is 1.28 bits per heavy atom. The van der Waals surface area contributed by atoms with Gasteiger partial charge in [0.2, 0.25) is 0 Å². The first-order chi connectivity index (χ1) is 7.52. The van der Waals surface area contributed by atoms with Crippen LogP contribution in [-0.2, 0) is 15.8 Å². The molecule has 0 heterocycles. The first-order valence-corrected chi connectivity index (χ1v) is 6.79. The fraction of sp³-hybridized carbons (Fsp3) is 0.909. The number of alkyl carbamates (subject to hydrolysis) is 1. The summed E-state index contributed by atoms with van der Waals surface area (Å²) < 4.78 is 26.0. The predicted molar refractivity (Wildman–Crippen MR) is 66.4 cm³/mol. The molecule has 0 aromatic heterocycles. The van der Waals surface area contributed by atoms with E-state index in [2.05, 4.69) is 5.32 Å². The van der Waals surface area contributed by atoms with Crippen molar-refractivity contribution in [3.05, 3.63) is 0 Å². The molecule has 0 aromatic rings. The maximum Gasteiger partial charge on any atom is 1.00 e. The molecule has 102 valence electrons. The normalized spacial score (nSPS) is 13.4. The third-order valence-corrected chi connectivity index (χ3v) is 2.59. The van der Waals surface area contributed by atoms with Crippen molar-refractivity contribution in [2.75, 3.05) is 12.3 Å². The largest absolute Gasteiger partial charge is 1.00 e. The van der Waals surface area contributed by atoms with Crippen LogP contribution < -0.4 is 34.9 Å². The molecule has 1 N–H and O–H groups in total. The van der Waals surface area contributed by atoms with Gasteiger partial charge in [-0.05, 0) is 32.6 Å². The number of nitrogens with one attached hydrogen (secondary N) is 1. The minimum absolute atomic E-state index is 0. The molecule has 1 atom stereocenters. The maximum absolute atomic E-state index is 11.4. The SMILES string of the molecule is CC(C)(CCS(=O)[O-])CNC(=O)OC(C)(C)C.[Na+]. The Morgan fingerprint density at radius 3 is 2.17 bits per heavy atom. The molecule has 0 bridgehead atoms. The third-order valence-electron chi connectivity index (χ3n) is 2.06. The molecule has 0 aromatic carbocycles. The number of amides is 1. The molecule has 0 saturated carbocycles. The van der Waals surface area contributed by atoms with E-state index in [1.165, 1.54) is 0 Å². The third kappa shape index (κ3) is 12.8. The average Bonchev–Trinajstić information content (AvgIpc) is 2.09. The summed E-state index contributed by atoms with van der Waals surface area (Å²) in [7, 11) is 0. The maximum atomic E-state index is 11.4. The minimum Gasteiger partial charge on any atom is -0.772 e. The van der Waals surface area contributed by atoms with Gasteiger partial charge >= 0.3 is 35.7 Å². The van der Waals surface area contributed by atoms with E-state index in [0.29, 0.717) is 13.0 Å². The van der Waals surface area contributed by atoms with Gasteiger partial charge in [-0.2, -0.15) is 0 Å². The van der Waals surface area contributed by atoms with Gasteiger partial charge in [-0.1, -0.05) is 24.9 Å². The molecule has 5 nitrogen and oxygen atoms in total. The quantitative estimate of drug-likeness (QED) is 0.509. The van der Waals surface area contributed by atoms with Gasteiger partial charge in [0.1, 0.15) is 5.60 Å². The molecule has 7 heteroatoms. The van der Waals surface area contributed by atoms with Crippen LogP contribution in [0.2, 0.25) is 0 Å². The van der Waals surface area contributed by atoms with Crippen LogP contribution in [0, 0.1) is 5.41 Å². The Labute approximate surface area is 134 Å². The monoisotopic (exact) mass is 287 g/mol. The van der Waals surface area contributed by atoms with Gasteiger partial charge in [-0.25, -0.2) is 4.79 Å². The van der Waals surface area contributed by atoms with Crippen LogP contribution in [0.15, 0.2) is 0 Å². The molecular weight excluding hydrogens is 265 g/mol. The predicted octanol–water partition coefficient (Wildman–Crippen LogP) is -1.19. The van der Waals surface area contributed by atoms with Crippen molar-refractivity contribution in [1.29, 1.82) is 0 Å². The molecule has 0 aliphatic carbocycles. The smallest absolute Gasteiger partial charge is 0.772 e. The molecule has 0 spiro atoms. The van der Waals surface area contributed by atoms with Crippen LogP contribution >= 0.6 is 0 Å². The molecule has 1 unspecified atom stereocenters. The first-order valence-electron chi connectivity index (χ1n) is 5.55. The Kier molecular flexibility index (Phi) is 9.81. The number of hydrogen-bond donors (Lipinski definition) is 1. The van der Waals surface area contributed by atoms with Crippen LogP contribution in [0.4, 0.5) is 4.79 Å². The Bertz CT molecular complexity index is 289. The van der Waals surface area contributed by atoms with Gasteiger partial charge in [0.05, 0.1) is 0 Å². The number of carbonyl (C=O) groups is 1. The topological polar surface area (TPSA) is 78.5 Å². The van der Waals surface area contributed by atoms with E-state index in [1.54, 1.807) is 20.8 Å². The van der Waals surface area contributed by atoms with Gasteiger partial charge in [-0.15, -0.1) is 0 Å². The summed E-state index contributed by atoms with van der Waals surface area (Å²) in [6, 6.07) is 0. The minimum atomic E-state index is -2.04. The zero-order valence-electron chi connectivity index (χ0n) is 12.2. The molecule has 0 rings (SSSR count). The number of rotatable bonds is 5. The summed E-state index contributed by atoms with van der Waals surface area (Å²) in [5, 5.41) is 2.64. The van der Waals surface area contributed by atoms with Crippen LogP contribution in [0.1, 0.15) is 41.0 Å². The molecule has 18 heavy (non-hydrogen) atoms. The summed E-state index contributed by atoms with van der Waals surface area (Å²) in [5.74, 6) is 0.100. The van der Waals surface area contributed by atoms with Crippen molar-refractivity contribution in [3.63, 3.8) is 0 Å². The second-order valence-electron chi connectivity index (χ2n) is 5.78. The van der Waals surface area contributed by atoms with Crippen molar-refractivity contribution < 1.29 is 47.9 Å². The Hall–Kier alpha value is 0.380. The van der Waals surface area contributed by atoms with E-state index in [9.17, 15) is 13.6 Å². The van der Waals surface area contributed by atoms with Gasteiger partial charge < -0.3 is 14.6 Å².